The van der Waals surface area contributed by atoms with Crippen molar-refractivity contribution in [3.63, 3.8) is 0 Å². The van der Waals surface area contributed by atoms with E-state index < -0.39 is 48.8 Å². The van der Waals surface area contributed by atoms with Crippen LogP contribution in [0.5, 0.6) is 0 Å². The lowest BCUT2D eigenvalue weighted by Gasteiger charge is -2.34. The molecule has 40 heavy (non-hydrogen) atoms. The number of carbonyl (C=O) groups excluding carboxylic acids is 2. The summed E-state index contributed by atoms with van der Waals surface area (Å²) in [7, 11) is 0. The number of aliphatic hydroxyl groups is 8. The Hall–Kier alpha value is 1.50. The third kappa shape index (κ3) is 17.7. The number of amides is 2. The monoisotopic (exact) mass is 966 g/mol. The van der Waals surface area contributed by atoms with Gasteiger partial charge in [0.05, 0.1) is 24.4 Å². The Morgan fingerprint density at radius 2 is 0.675 bits per heavy atom. The molecule has 1 aliphatic heterocycles. The zero-order chi connectivity index (χ0) is 31.4. The molecule has 1 aliphatic rings. The Morgan fingerprint density at radius 3 is 0.825 bits per heavy atom. The highest BCUT2D eigenvalue weighted by Crippen LogP contribution is 2.10. The van der Waals surface area contributed by atoms with Crippen LogP contribution in [-0.4, -0.2) is 169 Å². The van der Waals surface area contributed by atoms with Gasteiger partial charge in [-0.25, -0.2) is 0 Å². The summed E-state index contributed by atoms with van der Waals surface area (Å²) in [6, 6.07) is 0. The molecule has 0 aromatic carbocycles. The first kappa shape index (κ1) is 43.6. The molecule has 1 heterocycles. The third-order valence-corrected chi connectivity index (χ3v) is 8.96. The molecule has 18 heteroatoms. The van der Waals surface area contributed by atoms with Crippen LogP contribution in [0.15, 0.2) is 0 Å². The van der Waals surface area contributed by atoms with E-state index >= 15 is 0 Å². The lowest BCUT2D eigenvalue weighted by atomic mass is 10.1. The van der Waals surface area contributed by atoms with E-state index in [0.29, 0.717) is 49.7 Å². The van der Waals surface area contributed by atoms with E-state index in [-0.39, 0.29) is 33.1 Å². The van der Waals surface area contributed by atoms with E-state index in [1.807, 2.05) is 9.80 Å². The summed E-state index contributed by atoms with van der Waals surface area (Å²) in [5, 5.41) is 75.0. The van der Waals surface area contributed by atoms with E-state index in [1.165, 1.54) is 0 Å². The standard InChI is InChI=1S/C10H16Br2N2O2.2C6H12Br2O4/c11-3-1-9(15)13-5-7-14(8-6-13)10(16)2-4-12;2*7-1-3(9)5(11)6(12)4(10)2-8/h1-8H2;2*3-6,9-12H,1-2H2. The fourth-order valence-corrected chi connectivity index (χ4v) is 5.17. The molecule has 8 atom stereocenters. The van der Waals surface area contributed by atoms with Gasteiger partial charge >= 0.3 is 0 Å². The minimum absolute atomic E-state index is 0.153. The Balaban J connectivity index is 0. The van der Waals surface area contributed by atoms with Gasteiger partial charge in [-0.1, -0.05) is 95.6 Å². The molecule has 0 aromatic rings. The maximum absolute atomic E-state index is 11.6. The van der Waals surface area contributed by atoms with Crippen LogP contribution in [0.3, 0.4) is 0 Å². The van der Waals surface area contributed by atoms with Crippen LogP contribution >= 0.6 is 95.6 Å². The number of halogens is 6. The molecular weight excluding hydrogens is 932 g/mol. The maximum Gasteiger partial charge on any atom is 0.223 e. The molecule has 8 unspecified atom stereocenters. The van der Waals surface area contributed by atoms with Crippen LogP contribution in [0.1, 0.15) is 12.8 Å². The highest BCUT2D eigenvalue weighted by atomic mass is 79.9. The molecular formula is C22H40Br6N2O10. The van der Waals surface area contributed by atoms with Gasteiger partial charge in [0.25, 0.3) is 0 Å². The third-order valence-electron chi connectivity index (χ3n) is 5.51. The summed E-state index contributed by atoms with van der Waals surface area (Å²) in [5.74, 6) is 0.342. The SMILES string of the molecule is O=C(CCBr)N1CCN(C(=O)CCBr)CC1.OC(CBr)C(O)C(O)C(O)CBr.OC(CBr)C(O)C(O)C(O)CBr. The number of hydrogen-bond acceptors (Lipinski definition) is 10. The molecule has 0 bridgehead atoms. The molecule has 1 saturated heterocycles. The Labute approximate surface area is 285 Å². The molecule has 0 saturated carbocycles. The number of hydrogen-bond donors (Lipinski definition) is 8. The molecule has 12 nitrogen and oxygen atoms in total. The molecule has 2 amide bonds. The topological polar surface area (TPSA) is 202 Å². The van der Waals surface area contributed by atoms with Crippen molar-refractivity contribution in [2.24, 2.45) is 0 Å². The fraction of sp³-hybridized carbons (Fsp3) is 0.909. The Morgan fingerprint density at radius 1 is 0.475 bits per heavy atom. The number of rotatable bonds is 14. The second-order valence-electron chi connectivity index (χ2n) is 8.49. The number of carbonyl (C=O) groups is 2. The fourth-order valence-electron chi connectivity index (χ4n) is 2.96. The van der Waals surface area contributed by atoms with E-state index in [0.717, 1.165) is 0 Å². The van der Waals surface area contributed by atoms with E-state index in [2.05, 4.69) is 95.6 Å². The van der Waals surface area contributed by atoms with E-state index in [9.17, 15) is 30.0 Å². The first-order valence-electron chi connectivity index (χ1n) is 12.1. The van der Waals surface area contributed by atoms with Gasteiger partial charge in [-0.3, -0.25) is 9.59 Å². The first-order valence-corrected chi connectivity index (χ1v) is 18.9. The second kappa shape index (κ2) is 25.8. The molecule has 0 aliphatic carbocycles. The van der Waals surface area contributed by atoms with Crippen molar-refractivity contribution >= 4 is 107 Å². The molecule has 1 fully saturated rings. The average molecular weight is 972 g/mol. The first-order chi connectivity index (χ1) is 18.8. The average Bonchev–Trinajstić information content (AvgIpc) is 2.98. The van der Waals surface area contributed by atoms with E-state index in [4.69, 9.17) is 20.4 Å². The highest BCUT2D eigenvalue weighted by Gasteiger charge is 2.30. The van der Waals surface area contributed by atoms with Crippen molar-refractivity contribution in [3.8, 4) is 0 Å². The normalized spacial score (nSPS) is 19.4. The lowest BCUT2D eigenvalue weighted by molar-refractivity contribution is -0.139. The molecule has 240 valence electrons. The number of nitrogens with zero attached hydrogens (tertiary/aromatic N) is 2. The molecule has 0 aromatic heterocycles. The van der Waals surface area contributed by atoms with Gasteiger partial charge in [0.2, 0.25) is 11.8 Å². The molecule has 0 radical (unpaired) electrons. The van der Waals surface area contributed by atoms with Gasteiger partial charge in [0.1, 0.15) is 24.4 Å². The summed E-state index contributed by atoms with van der Waals surface area (Å²) in [4.78, 5) is 26.8. The number of piperazine rings is 1. The van der Waals surface area contributed by atoms with Crippen molar-refractivity contribution in [2.45, 2.75) is 61.7 Å². The summed E-state index contributed by atoms with van der Waals surface area (Å²) >= 11 is 18.3. The molecule has 0 spiro atoms. The minimum Gasteiger partial charge on any atom is -0.389 e. The van der Waals surface area contributed by atoms with Crippen molar-refractivity contribution in [1.82, 2.24) is 9.80 Å². The maximum atomic E-state index is 11.6. The van der Waals surface area contributed by atoms with Crippen LogP contribution in [0.2, 0.25) is 0 Å². The van der Waals surface area contributed by atoms with Crippen molar-refractivity contribution in [1.29, 1.82) is 0 Å². The summed E-state index contributed by atoms with van der Waals surface area (Å²) < 4.78 is 0. The number of aliphatic hydroxyl groups excluding tert-OH is 8. The van der Waals surface area contributed by atoms with Crippen LogP contribution in [0, 0.1) is 0 Å². The summed E-state index contributed by atoms with van der Waals surface area (Å²) in [6.45, 7) is 2.67. The van der Waals surface area contributed by atoms with Gasteiger partial charge < -0.3 is 50.7 Å². The summed E-state index contributed by atoms with van der Waals surface area (Å²) in [5.41, 5.74) is 0. The largest absolute Gasteiger partial charge is 0.389 e. The molecule has 1 rings (SSSR count). The lowest BCUT2D eigenvalue weighted by Crippen LogP contribution is -2.50. The van der Waals surface area contributed by atoms with Crippen LogP contribution in [0.4, 0.5) is 0 Å². The van der Waals surface area contributed by atoms with Gasteiger partial charge in [0.15, 0.2) is 0 Å². The van der Waals surface area contributed by atoms with Crippen molar-refractivity contribution in [2.75, 3.05) is 58.2 Å². The van der Waals surface area contributed by atoms with Crippen molar-refractivity contribution in [3.05, 3.63) is 0 Å². The van der Waals surface area contributed by atoms with Gasteiger partial charge in [-0.15, -0.1) is 0 Å². The Kier molecular flexibility index (Phi) is 28.1. The van der Waals surface area contributed by atoms with Gasteiger partial charge in [-0.05, 0) is 0 Å². The van der Waals surface area contributed by atoms with Crippen LogP contribution in [0.25, 0.3) is 0 Å². The van der Waals surface area contributed by atoms with Crippen molar-refractivity contribution < 1.29 is 50.4 Å². The predicted octanol–water partition coefficient (Wildman–Crippen LogP) is -0.333. The van der Waals surface area contributed by atoms with Gasteiger partial charge in [-0.2, -0.15) is 0 Å². The highest BCUT2D eigenvalue weighted by molar-refractivity contribution is 9.10. The second-order valence-corrected chi connectivity index (χ2v) is 12.7. The van der Waals surface area contributed by atoms with Crippen LogP contribution in [-0.2, 0) is 9.59 Å². The van der Waals surface area contributed by atoms with E-state index in [1.54, 1.807) is 0 Å². The zero-order valence-electron chi connectivity index (χ0n) is 21.7. The predicted molar refractivity (Wildman–Crippen MR) is 173 cm³/mol. The summed E-state index contributed by atoms with van der Waals surface area (Å²) in [6.07, 6.45) is -8.57. The van der Waals surface area contributed by atoms with Crippen LogP contribution < -0.4 is 0 Å². The number of alkyl halides is 6. The Bertz CT molecular complexity index is 588. The minimum atomic E-state index is -1.34. The molecule has 8 N–H and O–H groups in total. The zero-order valence-corrected chi connectivity index (χ0v) is 31.2. The van der Waals surface area contributed by atoms with Gasteiger partial charge in [0, 0.05) is 71.0 Å². The smallest absolute Gasteiger partial charge is 0.223 e. The quantitative estimate of drug-likeness (QED) is 0.107.